The SMILES string of the molecule is CN(Cc1ccccc1)S(=O)(=O)c1cc(C(N)=O)c(Cl)cc1F. The summed E-state index contributed by atoms with van der Waals surface area (Å²) in [5.41, 5.74) is 5.61. The molecule has 0 aromatic heterocycles. The number of nitrogens with two attached hydrogens (primary N) is 1. The predicted octanol–water partition coefficient (Wildman–Crippen LogP) is 2.40. The van der Waals surface area contributed by atoms with Crippen LogP contribution in [0.15, 0.2) is 47.4 Å². The molecule has 1 amide bonds. The predicted molar refractivity (Wildman–Crippen MR) is 85.0 cm³/mol. The van der Waals surface area contributed by atoms with Crippen LogP contribution in [-0.2, 0) is 16.6 Å². The molecule has 5 nitrogen and oxygen atoms in total. The number of carbonyl (C=O) groups excluding carboxylic acids is 1. The number of halogens is 2. The van der Waals surface area contributed by atoms with Gasteiger partial charge in [-0.25, -0.2) is 12.8 Å². The zero-order valence-corrected chi connectivity index (χ0v) is 13.7. The highest BCUT2D eigenvalue weighted by Crippen LogP contribution is 2.26. The van der Waals surface area contributed by atoms with Crippen molar-refractivity contribution >= 4 is 27.5 Å². The molecular weight excluding hydrogens is 343 g/mol. The highest BCUT2D eigenvalue weighted by atomic mass is 35.5. The lowest BCUT2D eigenvalue weighted by Crippen LogP contribution is -2.28. The van der Waals surface area contributed by atoms with Crippen LogP contribution in [0, 0.1) is 5.82 Å². The molecule has 2 aromatic rings. The van der Waals surface area contributed by atoms with E-state index in [2.05, 4.69) is 0 Å². The van der Waals surface area contributed by atoms with Crippen LogP contribution in [0.2, 0.25) is 5.02 Å². The molecule has 0 spiro atoms. The van der Waals surface area contributed by atoms with Crippen LogP contribution < -0.4 is 5.73 Å². The topological polar surface area (TPSA) is 80.5 Å². The van der Waals surface area contributed by atoms with Crippen molar-refractivity contribution in [3.63, 3.8) is 0 Å². The smallest absolute Gasteiger partial charge is 0.250 e. The first-order valence-corrected chi connectivity index (χ1v) is 8.34. The first kappa shape index (κ1) is 17.4. The fourth-order valence-corrected chi connectivity index (χ4v) is 3.48. The maximum Gasteiger partial charge on any atom is 0.250 e. The van der Waals surface area contributed by atoms with Crippen LogP contribution in [0.4, 0.5) is 4.39 Å². The molecule has 0 aliphatic rings. The summed E-state index contributed by atoms with van der Waals surface area (Å²) >= 11 is 5.71. The largest absolute Gasteiger partial charge is 0.366 e. The Labute approximate surface area is 138 Å². The average molecular weight is 357 g/mol. The van der Waals surface area contributed by atoms with Gasteiger partial charge in [0.2, 0.25) is 15.9 Å². The monoisotopic (exact) mass is 356 g/mol. The second-order valence-corrected chi connectivity index (χ2v) is 7.29. The van der Waals surface area contributed by atoms with Gasteiger partial charge in [0.25, 0.3) is 0 Å². The summed E-state index contributed by atoms with van der Waals surface area (Å²) < 4.78 is 40.1. The van der Waals surface area contributed by atoms with Crippen molar-refractivity contribution in [2.75, 3.05) is 7.05 Å². The fourth-order valence-electron chi connectivity index (χ4n) is 2.01. The number of nitrogens with zero attached hydrogens (tertiary/aromatic N) is 1. The quantitative estimate of drug-likeness (QED) is 0.893. The van der Waals surface area contributed by atoms with Gasteiger partial charge in [0.1, 0.15) is 10.7 Å². The van der Waals surface area contributed by atoms with Crippen LogP contribution in [0.25, 0.3) is 0 Å². The van der Waals surface area contributed by atoms with Gasteiger partial charge in [0, 0.05) is 13.6 Å². The Bertz CT molecular complexity index is 841. The van der Waals surface area contributed by atoms with E-state index in [0.717, 1.165) is 22.0 Å². The standard InChI is InChI=1S/C15H14ClFN2O3S/c1-19(9-10-5-3-2-4-6-10)23(21,22)14-7-11(15(18)20)12(16)8-13(14)17/h2-8H,9H2,1H3,(H2,18,20). The number of sulfonamides is 1. The molecule has 0 fully saturated rings. The van der Waals surface area contributed by atoms with Gasteiger partial charge < -0.3 is 5.73 Å². The van der Waals surface area contributed by atoms with Crippen molar-refractivity contribution in [2.24, 2.45) is 5.73 Å². The van der Waals surface area contributed by atoms with Crippen molar-refractivity contribution in [3.8, 4) is 0 Å². The van der Waals surface area contributed by atoms with Gasteiger partial charge in [-0.3, -0.25) is 4.79 Å². The van der Waals surface area contributed by atoms with E-state index >= 15 is 0 Å². The van der Waals surface area contributed by atoms with Gasteiger partial charge in [0.05, 0.1) is 10.6 Å². The zero-order chi connectivity index (χ0) is 17.2. The summed E-state index contributed by atoms with van der Waals surface area (Å²) in [6.07, 6.45) is 0. The van der Waals surface area contributed by atoms with Crippen molar-refractivity contribution in [1.82, 2.24) is 4.31 Å². The number of hydrogen-bond donors (Lipinski definition) is 1. The number of primary amides is 1. The molecule has 0 unspecified atom stereocenters. The Kier molecular flexibility index (Phi) is 5.03. The van der Waals surface area contributed by atoms with E-state index in [1.54, 1.807) is 30.3 Å². The summed E-state index contributed by atoms with van der Waals surface area (Å²) in [4.78, 5) is 10.6. The van der Waals surface area contributed by atoms with E-state index in [1.807, 2.05) is 0 Å². The lowest BCUT2D eigenvalue weighted by molar-refractivity contribution is 0.1000. The van der Waals surface area contributed by atoms with Crippen molar-refractivity contribution in [3.05, 3.63) is 64.4 Å². The van der Waals surface area contributed by atoms with E-state index < -0.39 is 26.6 Å². The van der Waals surface area contributed by atoms with E-state index in [-0.39, 0.29) is 17.1 Å². The lowest BCUT2D eigenvalue weighted by Gasteiger charge is -2.18. The summed E-state index contributed by atoms with van der Waals surface area (Å²) in [7, 11) is -2.83. The zero-order valence-electron chi connectivity index (χ0n) is 12.2. The van der Waals surface area contributed by atoms with Crippen LogP contribution >= 0.6 is 11.6 Å². The molecule has 0 aliphatic carbocycles. The van der Waals surface area contributed by atoms with E-state index in [0.29, 0.717) is 0 Å². The molecule has 0 radical (unpaired) electrons. The van der Waals surface area contributed by atoms with Gasteiger partial charge in [-0.05, 0) is 17.7 Å². The first-order valence-electron chi connectivity index (χ1n) is 6.52. The molecule has 0 atom stereocenters. The summed E-state index contributed by atoms with van der Waals surface area (Å²) in [6.45, 7) is 0.0527. The number of benzene rings is 2. The summed E-state index contributed by atoms with van der Waals surface area (Å²) in [5, 5.41) is -0.236. The van der Waals surface area contributed by atoms with Crippen molar-refractivity contribution < 1.29 is 17.6 Å². The molecule has 8 heteroatoms. The third kappa shape index (κ3) is 3.69. The number of rotatable bonds is 5. The summed E-state index contributed by atoms with van der Waals surface area (Å²) in [5.74, 6) is -1.97. The third-order valence-electron chi connectivity index (χ3n) is 3.22. The summed E-state index contributed by atoms with van der Waals surface area (Å²) in [6, 6.07) is 10.5. The van der Waals surface area contributed by atoms with Crippen LogP contribution in [0.1, 0.15) is 15.9 Å². The lowest BCUT2D eigenvalue weighted by atomic mass is 10.2. The minimum atomic E-state index is -4.15. The van der Waals surface area contributed by atoms with E-state index in [1.165, 1.54) is 7.05 Å². The first-order chi connectivity index (χ1) is 10.7. The highest BCUT2D eigenvalue weighted by Gasteiger charge is 2.27. The van der Waals surface area contributed by atoms with E-state index in [4.69, 9.17) is 17.3 Å². The minimum Gasteiger partial charge on any atom is -0.366 e. The van der Waals surface area contributed by atoms with E-state index in [9.17, 15) is 17.6 Å². The van der Waals surface area contributed by atoms with Crippen LogP contribution in [0.5, 0.6) is 0 Å². The van der Waals surface area contributed by atoms with Gasteiger partial charge >= 0.3 is 0 Å². The fraction of sp³-hybridized carbons (Fsp3) is 0.133. The molecule has 2 aromatic carbocycles. The Morgan fingerprint density at radius 1 is 1.26 bits per heavy atom. The molecule has 2 rings (SSSR count). The van der Waals surface area contributed by atoms with Gasteiger partial charge in [0.15, 0.2) is 0 Å². The van der Waals surface area contributed by atoms with Crippen molar-refractivity contribution in [2.45, 2.75) is 11.4 Å². The molecule has 23 heavy (non-hydrogen) atoms. The molecule has 0 bridgehead atoms. The Morgan fingerprint density at radius 2 is 1.87 bits per heavy atom. The minimum absolute atomic E-state index is 0.0527. The van der Waals surface area contributed by atoms with Crippen LogP contribution in [0.3, 0.4) is 0 Å². The number of hydrogen-bond acceptors (Lipinski definition) is 3. The Morgan fingerprint density at radius 3 is 2.43 bits per heavy atom. The maximum atomic E-state index is 14.0. The highest BCUT2D eigenvalue weighted by molar-refractivity contribution is 7.89. The average Bonchev–Trinajstić information content (AvgIpc) is 2.47. The Hall–Kier alpha value is -1.96. The second kappa shape index (κ2) is 6.66. The molecular formula is C15H14ClFN2O3S. The molecule has 0 aliphatic heterocycles. The molecule has 2 N–H and O–H groups in total. The maximum absolute atomic E-state index is 14.0. The van der Waals surface area contributed by atoms with Gasteiger partial charge in [-0.1, -0.05) is 41.9 Å². The number of carbonyl (C=O) groups is 1. The van der Waals surface area contributed by atoms with Crippen molar-refractivity contribution in [1.29, 1.82) is 0 Å². The second-order valence-electron chi connectivity index (χ2n) is 4.87. The normalized spacial score (nSPS) is 11.7. The molecule has 0 heterocycles. The van der Waals surface area contributed by atoms with Gasteiger partial charge in [-0.15, -0.1) is 0 Å². The Balaban J connectivity index is 2.43. The third-order valence-corrected chi connectivity index (χ3v) is 5.35. The molecule has 0 saturated carbocycles. The molecule has 122 valence electrons. The molecule has 0 saturated heterocycles. The number of amides is 1. The van der Waals surface area contributed by atoms with Gasteiger partial charge in [-0.2, -0.15) is 4.31 Å². The van der Waals surface area contributed by atoms with Crippen LogP contribution in [-0.4, -0.2) is 25.7 Å².